The molecule has 1 unspecified atom stereocenters. The number of hydrogen-bond donors (Lipinski definition) is 2. The lowest BCUT2D eigenvalue weighted by Gasteiger charge is -2.40. The van der Waals surface area contributed by atoms with Gasteiger partial charge in [-0.1, -0.05) is 65.9 Å². The quantitative estimate of drug-likeness (QED) is 0.142. The van der Waals surface area contributed by atoms with E-state index in [2.05, 4.69) is 64.1 Å². The molecule has 1 aliphatic rings. The SMILES string of the molecule is NC(=O)N(O)CCC#Cc1ccc(OCCCCN2CCN(C(c3ccccc3)c3ccc(Cl)cc3)CC2)cc1. The second kappa shape index (κ2) is 15.3. The Kier molecular flexibility index (Phi) is 11.3. The van der Waals surface area contributed by atoms with Gasteiger partial charge in [0.05, 0.1) is 19.2 Å². The van der Waals surface area contributed by atoms with Gasteiger partial charge in [0.15, 0.2) is 0 Å². The monoisotopic (exact) mass is 560 g/mol. The third-order valence-electron chi connectivity index (χ3n) is 7.00. The van der Waals surface area contributed by atoms with E-state index in [9.17, 15) is 10.0 Å². The third kappa shape index (κ3) is 9.00. The highest BCUT2D eigenvalue weighted by atomic mass is 35.5. The molecule has 1 fully saturated rings. The van der Waals surface area contributed by atoms with Crippen LogP contribution in [0.5, 0.6) is 5.75 Å². The summed E-state index contributed by atoms with van der Waals surface area (Å²) in [5, 5.41) is 10.5. The van der Waals surface area contributed by atoms with Crippen molar-refractivity contribution in [3.05, 3.63) is 101 Å². The largest absolute Gasteiger partial charge is 0.494 e. The van der Waals surface area contributed by atoms with Gasteiger partial charge in [-0.15, -0.1) is 0 Å². The van der Waals surface area contributed by atoms with Crippen molar-refractivity contribution in [2.45, 2.75) is 25.3 Å². The minimum absolute atomic E-state index is 0.0802. The summed E-state index contributed by atoms with van der Waals surface area (Å²) in [5.74, 6) is 6.74. The lowest BCUT2D eigenvalue weighted by molar-refractivity contribution is -0.0372. The molecule has 0 radical (unpaired) electrons. The highest BCUT2D eigenvalue weighted by molar-refractivity contribution is 6.30. The van der Waals surface area contributed by atoms with Gasteiger partial charge in [0.1, 0.15) is 5.75 Å². The number of hydroxylamine groups is 2. The molecule has 0 bridgehead atoms. The Bertz CT molecular complexity index is 1250. The van der Waals surface area contributed by atoms with Gasteiger partial charge in [-0.25, -0.2) is 9.86 Å². The van der Waals surface area contributed by atoms with Crippen molar-refractivity contribution in [1.82, 2.24) is 14.9 Å². The highest BCUT2D eigenvalue weighted by Gasteiger charge is 2.26. The Morgan fingerprint density at radius 3 is 2.30 bits per heavy atom. The summed E-state index contributed by atoms with van der Waals surface area (Å²) in [6, 6.07) is 26.0. The summed E-state index contributed by atoms with van der Waals surface area (Å²) >= 11 is 6.16. The average Bonchev–Trinajstić information content (AvgIpc) is 2.98. The van der Waals surface area contributed by atoms with Crippen molar-refractivity contribution in [3.63, 3.8) is 0 Å². The van der Waals surface area contributed by atoms with Gasteiger partial charge in [0, 0.05) is 43.2 Å². The van der Waals surface area contributed by atoms with Crippen LogP contribution < -0.4 is 10.5 Å². The Hall–Kier alpha value is -3.54. The molecular weight excluding hydrogens is 524 g/mol. The Morgan fingerprint density at radius 2 is 1.62 bits per heavy atom. The van der Waals surface area contributed by atoms with E-state index >= 15 is 0 Å². The van der Waals surface area contributed by atoms with Gasteiger partial charge in [0.25, 0.3) is 0 Å². The number of hydrogen-bond acceptors (Lipinski definition) is 5. The van der Waals surface area contributed by atoms with E-state index in [1.165, 1.54) is 11.1 Å². The number of ether oxygens (including phenoxy) is 1. The first kappa shape index (κ1) is 29.4. The zero-order valence-corrected chi connectivity index (χ0v) is 23.5. The molecule has 0 aliphatic carbocycles. The van der Waals surface area contributed by atoms with E-state index in [-0.39, 0.29) is 12.6 Å². The van der Waals surface area contributed by atoms with E-state index in [0.717, 1.165) is 61.9 Å². The zero-order valence-electron chi connectivity index (χ0n) is 22.7. The molecule has 1 atom stereocenters. The van der Waals surface area contributed by atoms with Gasteiger partial charge < -0.3 is 15.4 Å². The standard InChI is InChI=1S/C32H37ClN4O3/c33-29-15-13-28(14-16-29)31(27-9-2-1-3-10-27)36-23-21-35(22-24-36)19-6-7-25-40-30-17-11-26(12-18-30)8-4-5-20-37(39)32(34)38/h1-3,9-18,31,39H,5-7,19-25H2,(H2,34,38). The first-order valence-corrected chi connectivity index (χ1v) is 14.1. The zero-order chi connectivity index (χ0) is 28.2. The molecule has 3 aromatic carbocycles. The van der Waals surface area contributed by atoms with Crippen molar-refractivity contribution in [2.24, 2.45) is 5.73 Å². The molecule has 7 nitrogen and oxygen atoms in total. The summed E-state index contributed by atoms with van der Waals surface area (Å²) < 4.78 is 5.91. The van der Waals surface area contributed by atoms with Crippen LogP contribution in [0, 0.1) is 11.8 Å². The average molecular weight is 561 g/mol. The number of carbonyl (C=O) groups excluding carboxylic acids is 1. The molecule has 0 saturated carbocycles. The summed E-state index contributed by atoms with van der Waals surface area (Å²) in [6.45, 7) is 5.99. The van der Waals surface area contributed by atoms with Crippen LogP contribution in [-0.2, 0) is 0 Å². The van der Waals surface area contributed by atoms with Crippen molar-refractivity contribution >= 4 is 17.6 Å². The molecular formula is C32H37ClN4O3. The molecule has 0 aromatic heterocycles. The number of benzene rings is 3. The second-order valence-corrected chi connectivity index (χ2v) is 10.3. The minimum Gasteiger partial charge on any atom is -0.494 e. The number of halogens is 1. The number of urea groups is 1. The molecule has 4 rings (SSSR count). The summed E-state index contributed by atoms with van der Waals surface area (Å²) in [7, 11) is 0. The smallest absolute Gasteiger partial charge is 0.338 e. The van der Waals surface area contributed by atoms with Gasteiger partial charge in [-0.2, -0.15) is 0 Å². The second-order valence-electron chi connectivity index (χ2n) is 9.84. The van der Waals surface area contributed by atoms with Gasteiger partial charge in [-0.05, 0) is 66.9 Å². The predicted octanol–water partition coefficient (Wildman–Crippen LogP) is 5.42. The van der Waals surface area contributed by atoms with Crippen LogP contribution in [0.15, 0.2) is 78.9 Å². The van der Waals surface area contributed by atoms with Crippen LogP contribution in [-0.4, -0.2) is 72.0 Å². The summed E-state index contributed by atoms with van der Waals surface area (Å²) in [5.41, 5.74) is 8.40. The van der Waals surface area contributed by atoms with Crippen molar-refractivity contribution in [1.29, 1.82) is 0 Å². The lowest BCUT2D eigenvalue weighted by Crippen LogP contribution is -2.48. The molecule has 0 spiro atoms. The third-order valence-corrected chi connectivity index (χ3v) is 7.25. The maximum Gasteiger partial charge on any atom is 0.338 e. The van der Waals surface area contributed by atoms with E-state index in [1.54, 1.807) is 0 Å². The molecule has 1 aliphatic heterocycles. The van der Waals surface area contributed by atoms with Crippen LogP contribution in [0.4, 0.5) is 4.79 Å². The summed E-state index contributed by atoms with van der Waals surface area (Å²) in [6.07, 6.45) is 2.43. The first-order chi connectivity index (χ1) is 19.5. The number of carbonyl (C=O) groups is 1. The van der Waals surface area contributed by atoms with Crippen molar-refractivity contribution in [2.75, 3.05) is 45.9 Å². The van der Waals surface area contributed by atoms with E-state index in [1.807, 2.05) is 36.4 Å². The lowest BCUT2D eigenvalue weighted by atomic mass is 9.96. The number of amides is 2. The Balaban J connectivity index is 1.16. The summed E-state index contributed by atoms with van der Waals surface area (Å²) in [4.78, 5) is 15.9. The van der Waals surface area contributed by atoms with Crippen LogP contribution in [0.3, 0.4) is 0 Å². The fourth-order valence-corrected chi connectivity index (χ4v) is 4.96. The number of nitrogens with zero attached hydrogens (tertiary/aromatic N) is 3. The normalized spacial score (nSPS) is 14.7. The maximum absolute atomic E-state index is 10.8. The molecule has 40 heavy (non-hydrogen) atoms. The number of primary amides is 1. The molecule has 3 aromatic rings. The van der Waals surface area contributed by atoms with Crippen LogP contribution >= 0.6 is 11.6 Å². The van der Waals surface area contributed by atoms with Crippen LogP contribution in [0.25, 0.3) is 0 Å². The molecule has 2 amide bonds. The van der Waals surface area contributed by atoms with Crippen LogP contribution in [0.2, 0.25) is 5.02 Å². The topological polar surface area (TPSA) is 82.3 Å². The van der Waals surface area contributed by atoms with Crippen molar-refractivity contribution in [3.8, 4) is 17.6 Å². The van der Waals surface area contributed by atoms with Gasteiger partial charge >= 0.3 is 6.03 Å². The molecule has 210 valence electrons. The van der Waals surface area contributed by atoms with Crippen molar-refractivity contribution < 1.29 is 14.7 Å². The molecule has 8 heteroatoms. The van der Waals surface area contributed by atoms with Gasteiger partial charge in [0.2, 0.25) is 0 Å². The molecule has 1 heterocycles. The van der Waals surface area contributed by atoms with Crippen LogP contribution in [0.1, 0.15) is 42.0 Å². The molecule has 1 saturated heterocycles. The highest BCUT2D eigenvalue weighted by Crippen LogP contribution is 2.30. The van der Waals surface area contributed by atoms with E-state index in [4.69, 9.17) is 22.1 Å². The predicted molar refractivity (Wildman–Crippen MR) is 158 cm³/mol. The number of rotatable bonds is 11. The van der Waals surface area contributed by atoms with E-state index < -0.39 is 6.03 Å². The maximum atomic E-state index is 10.8. The first-order valence-electron chi connectivity index (χ1n) is 13.7. The van der Waals surface area contributed by atoms with E-state index in [0.29, 0.717) is 18.1 Å². The molecule has 3 N–H and O–H groups in total. The minimum atomic E-state index is -0.881. The number of nitrogens with two attached hydrogens (primary N) is 1. The number of piperazine rings is 1. The Morgan fingerprint density at radius 1 is 0.950 bits per heavy atom. The fraction of sp³-hybridized carbons (Fsp3) is 0.344. The van der Waals surface area contributed by atoms with Gasteiger partial charge in [-0.3, -0.25) is 10.1 Å². The fourth-order valence-electron chi connectivity index (χ4n) is 4.84. The Labute approximate surface area is 242 Å². The number of unbranched alkanes of at least 4 members (excludes halogenated alkanes) is 1.